The topological polar surface area (TPSA) is 105 Å². The minimum Gasteiger partial charge on any atom is -0.497 e. The van der Waals surface area contributed by atoms with Crippen molar-refractivity contribution in [3.05, 3.63) is 59.7 Å². The lowest BCUT2D eigenvalue weighted by Gasteiger charge is -2.35. The predicted molar refractivity (Wildman–Crippen MR) is 135 cm³/mol. The first-order valence-electron chi connectivity index (χ1n) is 12.0. The van der Waals surface area contributed by atoms with E-state index in [1.54, 1.807) is 48.5 Å². The third-order valence-electron chi connectivity index (χ3n) is 6.53. The van der Waals surface area contributed by atoms with Gasteiger partial charge in [-0.3, -0.25) is 9.59 Å². The molecule has 1 aliphatic rings. The SMILES string of the molecule is CC[C@@H](C)NC(=O)[C@H](NC(=O)c1cccc(OC)c1)C1CCN(S(=O)(=O)c2ccc(C)cc2)CC1. The smallest absolute Gasteiger partial charge is 0.252 e. The lowest BCUT2D eigenvalue weighted by atomic mass is 9.89. The van der Waals surface area contributed by atoms with Crippen LogP contribution in [0, 0.1) is 12.8 Å². The Labute approximate surface area is 208 Å². The standard InChI is InChI=1S/C26H35N3O5S/c1-5-19(3)27-26(31)24(28-25(30)21-7-6-8-22(17-21)34-4)20-13-15-29(16-14-20)35(32,33)23-11-9-18(2)10-12-23/h6-12,17,19-20,24H,5,13-16H2,1-4H3,(H,27,31)(H,28,30)/t19-,24-/m1/s1. The quantitative estimate of drug-likeness (QED) is 0.549. The van der Waals surface area contributed by atoms with E-state index in [1.807, 2.05) is 20.8 Å². The van der Waals surface area contributed by atoms with Crippen molar-refractivity contribution in [1.82, 2.24) is 14.9 Å². The zero-order chi connectivity index (χ0) is 25.6. The summed E-state index contributed by atoms with van der Waals surface area (Å²) in [6.07, 6.45) is 1.68. The fraction of sp³-hybridized carbons (Fsp3) is 0.462. The molecule has 1 saturated heterocycles. The summed E-state index contributed by atoms with van der Waals surface area (Å²) in [7, 11) is -2.09. The van der Waals surface area contributed by atoms with Crippen LogP contribution in [0.2, 0.25) is 0 Å². The molecule has 2 atom stereocenters. The Hall–Kier alpha value is -2.91. The molecule has 8 nitrogen and oxygen atoms in total. The Balaban J connectivity index is 1.75. The number of benzene rings is 2. The third kappa shape index (κ3) is 6.61. The van der Waals surface area contributed by atoms with Crippen LogP contribution in [0.3, 0.4) is 0 Å². The zero-order valence-corrected chi connectivity index (χ0v) is 21.6. The van der Waals surface area contributed by atoms with Crippen molar-refractivity contribution in [2.75, 3.05) is 20.2 Å². The number of hydrogen-bond donors (Lipinski definition) is 2. The highest BCUT2D eigenvalue weighted by Gasteiger charge is 2.36. The summed E-state index contributed by atoms with van der Waals surface area (Å²) in [5.41, 5.74) is 1.38. The lowest BCUT2D eigenvalue weighted by Crippen LogP contribution is -2.55. The first kappa shape index (κ1) is 26.7. The minimum absolute atomic E-state index is 0.0410. The van der Waals surface area contributed by atoms with E-state index in [4.69, 9.17) is 4.74 Å². The Morgan fingerprint density at radius 2 is 1.74 bits per heavy atom. The van der Waals surface area contributed by atoms with E-state index >= 15 is 0 Å². The Morgan fingerprint density at radius 1 is 1.09 bits per heavy atom. The van der Waals surface area contributed by atoms with Gasteiger partial charge in [0.05, 0.1) is 12.0 Å². The number of carbonyl (C=O) groups is 2. The Kier molecular flexibility index (Phi) is 8.91. The maximum absolute atomic E-state index is 13.2. The molecule has 2 aromatic rings. The van der Waals surface area contributed by atoms with Crippen molar-refractivity contribution in [2.45, 2.75) is 57.0 Å². The van der Waals surface area contributed by atoms with Crippen molar-refractivity contribution in [2.24, 2.45) is 5.92 Å². The van der Waals surface area contributed by atoms with Gasteiger partial charge in [-0.25, -0.2) is 8.42 Å². The van der Waals surface area contributed by atoms with Crippen molar-refractivity contribution in [1.29, 1.82) is 0 Å². The fourth-order valence-corrected chi connectivity index (χ4v) is 5.60. The second kappa shape index (κ2) is 11.7. The van der Waals surface area contributed by atoms with Gasteiger partial charge in [0.25, 0.3) is 5.91 Å². The summed E-state index contributed by atoms with van der Waals surface area (Å²) in [4.78, 5) is 26.4. The highest BCUT2D eigenvalue weighted by Crippen LogP contribution is 2.27. The maximum atomic E-state index is 13.2. The highest BCUT2D eigenvalue weighted by atomic mass is 32.2. The van der Waals surface area contributed by atoms with E-state index in [0.717, 1.165) is 12.0 Å². The van der Waals surface area contributed by atoms with Gasteiger partial charge in [0.15, 0.2) is 0 Å². The molecule has 0 saturated carbocycles. The van der Waals surface area contributed by atoms with Crippen LogP contribution in [-0.4, -0.2) is 56.8 Å². The van der Waals surface area contributed by atoms with E-state index in [0.29, 0.717) is 24.2 Å². The van der Waals surface area contributed by atoms with Crippen molar-refractivity contribution >= 4 is 21.8 Å². The van der Waals surface area contributed by atoms with E-state index in [1.165, 1.54) is 11.4 Å². The van der Waals surface area contributed by atoms with Gasteiger partial charge in [-0.2, -0.15) is 4.31 Å². The monoisotopic (exact) mass is 501 g/mol. The number of methoxy groups -OCH3 is 1. The van der Waals surface area contributed by atoms with Crippen LogP contribution in [0.1, 0.15) is 49.0 Å². The predicted octanol–water partition coefficient (Wildman–Crippen LogP) is 3.12. The summed E-state index contributed by atoms with van der Waals surface area (Å²) < 4.78 is 32.8. The van der Waals surface area contributed by atoms with Crippen LogP contribution in [-0.2, 0) is 14.8 Å². The van der Waals surface area contributed by atoms with Gasteiger partial charge in [-0.05, 0) is 69.4 Å². The molecule has 0 aliphatic carbocycles. The molecule has 3 rings (SSSR count). The number of hydrogen-bond acceptors (Lipinski definition) is 5. The van der Waals surface area contributed by atoms with Gasteiger partial charge in [0.2, 0.25) is 15.9 Å². The molecular weight excluding hydrogens is 466 g/mol. The number of aryl methyl sites for hydroxylation is 1. The molecule has 0 radical (unpaired) electrons. The number of amides is 2. The zero-order valence-electron chi connectivity index (χ0n) is 20.8. The van der Waals surface area contributed by atoms with Gasteiger partial charge < -0.3 is 15.4 Å². The maximum Gasteiger partial charge on any atom is 0.252 e. The molecule has 2 amide bonds. The number of piperidine rings is 1. The number of ether oxygens (including phenoxy) is 1. The summed E-state index contributed by atoms with van der Waals surface area (Å²) in [6.45, 7) is 6.36. The van der Waals surface area contributed by atoms with Gasteiger partial charge in [-0.1, -0.05) is 30.7 Å². The normalized spacial score (nSPS) is 16.8. The van der Waals surface area contributed by atoms with Crippen LogP contribution in [0.15, 0.2) is 53.4 Å². The Morgan fingerprint density at radius 3 is 2.34 bits per heavy atom. The van der Waals surface area contributed by atoms with Gasteiger partial charge in [-0.15, -0.1) is 0 Å². The Bertz CT molecular complexity index is 1130. The molecule has 35 heavy (non-hydrogen) atoms. The average Bonchev–Trinajstić information content (AvgIpc) is 2.87. The van der Waals surface area contributed by atoms with Gasteiger partial charge in [0.1, 0.15) is 11.8 Å². The second-order valence-electron chi connectivity index (χ2n) is 9.06. The molecule has 9 heteroatoms. The van der Waals surface area contributed by atoms with Crippen LogP contribution < -0.4 is 15.4 Å². The number of rotatable bonds is 9. The molecule has 0 unspecified atom stereocenters. The molecule has 1 aliphatic heterocycles. The van der Waals surface area contributed by atoms with Crippen LogP contribution in [0.5, 0.6) is 5.75 Å². The first-order chi connectivity index (χ1) is 16.6. The van der Waals surface area contributed by atoms with E-state index in [-0.39, 0.29) is 41.8 Å². The summed E-state index contributed by atoms with van der Waals surface area (Å²) in [5.74, 6) is -0.274. The van der Waals surface area contributed by atoms with E-state index < -0.39 is 16.1 Å². The second-order valence-corrected chi connectivity index (χ2v) is 11.0. The van der Waals surface area contributed by atoms with E-state index in [2.05, 4.69) is 10.6 Å². The molecule has 1 heterocycles. The molecule has 2 N–H and O–H groups in total. The molecule has 0 spiro atoms. The molecule has 2 aromatic carbocycles. The van der Waals surface area contributed by atoms with Gasteiger partial charge in [0, 0.05) is 24.7 Å². The first-order valence-corrected chi connectivity index (χ1v) is 13.4. The number of nitrogens with one attached hydrogen (secondary N) is 2. The minimum atomic E-state index is -3.61. The largest absolute Gasteiger partial charge is 0.497 e. The van der Waals surface area contributed by atoms with E-state index in [9.17, 15) is 18.0 Å². The van der Waals surface area contributed by atoms with Gasteiger partial charge >= 0.3 is 0 Å². The molecule has 190 valence electrons. The van der Waals surface area contributed by atoms with Crippen molar-refractivity contribution in [3.8, 4) is 5.75 Å². The number of carbonyl (C=O) groups excluding carboxylic acids is 2. The molecule has 1 fully saturated rings. The number of sulfonamides is 1. The summed E-state index contributed by atoms with van der Waals surface area (Å²) >= 11 is 0. The van der Waals surface area contributed by atoms with Crippen molar-refractivity contribution in [3.63, 3.8) is 0 Å². The molecule has 0 bridgehead atoms. The van der Waals surface area contributed by atoms with Crippen LogP contribution >= 0.6 is 0 Å². The van der Waals surface area contributed by atoms with Crippen LogP contribution in [0.25, 0.3) is 0 Å². The third-order valence-corrected chi connectivity index (χ3v) is 8.44. The van der Waals surface area contributed by atoms with Crippen LogP contribution in [0.4, 0.5) is 0 Å². The summed E-state index contributed by atoms with van der Waals surface area (Å²) in [5, 5.41) is 5.87. The molecular formula is C26H35N3O5S. The summed E-state index contributed by atoms with van der Waals surface area (Å²) in [6, 6.07) is 12.7. The molecule has 0 aromatic heterocycles. The average molecular weight is 502 g/mol. The number of nitrogens with zero attached hydrogens (tertiary/aromatic N) is 1. The fourth-order valence-electron chi connectivity index (χ4n) is 4.13. The lowest BCUT2D eigenvalue weighted by molar-refractivity contribution is -0.125. The van der Waals surface area contributed by atoms with Crippen molar-refractivity contribution < 1.29 is 22.7 Å². The highest BCUT2D eigenvalue weighted by molar-refractivity contribution is 7.89.